The van der Waals surface area contributed by atoms with Gasteiger partial charge in [-0.2, -0.15) is 0 Å². The van der Waals surface area contributed by atoms with Gasteiger partial charge in [-0.05, 0) is 56.1 Å². The maximum atomic E-state index is 12.6. The van der Waals surface area contributed by atoms with E-state index >= 15 is 0 Å². The average Bonchev–Trinajstić information content (AvgIpc) is 3.41. The summed E-state index contributed by atoms with van der Waals surface area (Å²) >= 11 is 0. The quantitative estimate of drug-likeness (QED) is 0.724. The van der Waals surface area contributed by atoms with Crippen molar-refractivity contribution in [3.05, 3.63) is 35.4 Å². The number of urea groups is 1. The third kappa shape index (κ3) is 4.15. The number of imide groups is 1. The van der Waals surface area contributed by atoms with Crippen LogP contribution >= 0.6 is 0 Å². The predicted octanol–water partition coefficient (Wildman–Crippen LogP) is 2.78. The van der Waals surface area contributed by atoms with E-state index in [-0.39, 0.29) is 30.3 Å². The molecule has 27 heavy (non-hydrogen) atoms. The van der Waals surface area contributed by atoms with Gasteiger partial charge in [-0.25, -0.2) is 4.79 Å². The molecule has 1 aromatic carbocycles. The van der Waals surface area contributed by atoms with E-state index in [1.54, 1.807) is 6.92 Å². The minimum Gasteiger partial charge on any atom is -0.348 e. The van der Waals surface area contributed by atoms with Crippen LogP contribution in [0.15, 0.2) is 24.3 Å². The average molecular weight is 371 g/mol. The van der Waals surface area contributed by atoms with E-state index in [0.29, 0.717) is 5.92 Å². The van der Waals surface area contributed by atoms with Gasteiger partial charge in [-0.15, -0.1) is 0 Å². The monoisotopic (exact) mass is 371 g/mol. The molecular weight excluding hydrogens is 342 g/mol. The van der Waals surface area contributed by atoms with E-state index in [1.807, 2.05) is 19.1 Å². The van der Waals surface area contributed by atoms with Gasteiger partial charge in [-0.3, -0.25) is 14.5 Å². The number of nitrogens with zero attached hydrogens (tertiary/aromatic N) is 1. The fourth-order valence-corrected chi connectivity index (χ4v) is 3.72. The number of carbonyl (C=O) groups is 3. The predicted molar refractivity (Wildman–Crippen MR) is 103 cm³/mol. The lowest BCUT2D eigenvalue weighted by Gasteiger charge is -2.21. The summed E-state index contributed by atoms with van der Waals surface area (Å²) in [4.78, 5) is 38.2. The van der Waals surface area contributed by atoms with Crippen molar-refractivity contribution in [3.63, 3.8) is 0 Å². The van der Waals surface area contributed by atoms with Crippen molar-refractivity contribution in [1.82, 2.24) is 15.5 Å². The van der Waals surface area contributed by atoms with E-state index in [9.17, 15) is 14.4 Å². The number of hydrogen-bond donors (Lipinski definition) is 2. The molecule has 3 rings (SSSR count). The molecule has 1 aliphatic carbocycles. The van der Waals surface area contributed by atoms with Gasteiger partial charge in [0, 0.05) is 0 Å². The maximum Gasteiger partial charge on any atom is 0.325 e. The molecule has 1 saturated heterocycles. The fourth-order valence-electron chi connectivity index (χ4n) is 3.72. The van der Waals surface area contributed by atoms with Crippen molar-refractivity contribution in [2.45, 2.75) is 58.5 Å². The third-order valence-corrected chi connectivity index (χ3v) is 5.50. The Kier molecular flexibility index (Phi) is 5.27. The smallest absolute Gasteiger partial charge is 0.325 e. The first kappa shape index (κ1) is 19.4. The van der Waals surface area contributed by atoms with Crippen LogP contribution in [0.1, 0.15) is 57.7 Å². The highest BCUT2D eigenvalue weighted by Gasteiger charge is 2.56. The first-order valence-corrected chi connectivity index (χ1v) is 9.73. The summed E-state index contributed by atoms with van der Waals surface area (Å²) in [6.07, 6.45) is 2.89. The third-order valence-electron chi connectivity index (χ3n) is 5.50. The highest BCUT2D eigenvalue weighted by Crippen LogP contribution is 2.42. The number of amides is 4. The summed E-state index contributed by atoms with van der Waals surface area (Å²) in [7, 11) is 0. The molecule has 0 aromatic heterocycles. The van der Waals surface area contributed by atoms with Crippen LogP contribution in [0.3, 0.4) is 0 Å². The van der Waals surface area contributed by atoms with Crippen LogP contribution in [-0.2, 0) is 16.0 Å². The van der Waals surface area contributed by atoms with Gasteiger partial charge in [0.1, 0.15) is 12.1 Å². The number of nitrogens with one attached hydrogen (secondary N) is 2. The first-order valence-electron chi connectivity index (χ1n) is 9.73. The van der Waals surface area contributed by atoms with Crippen molar-refractivity contribution >= 4 is 17.8 Å². The molecule has 1 heterocycles. The van der Waals surface area contributed by atoms with Crippen LogP contribution in [0, 0.1) is 11.8 Å². The van der Waals surface area contributed by atoms with E-state index < -0.39 is 11.6 Å². The molecule has 2 unspecified atom stereocenters. The molecule has 0 bridgehead atoms. The number of carbonyl (C=O) groups excluding carboxylic acids is 3. The van der Waals surface area contributed by atoms with Crippen molar-refractivity contribution in [2.24, 2.45) is 11.8 Å². The van der Waals surface area contributed by atoms with E-state index in [0.717, 1.165) is 29.7 Å². The first-order chi connectivity index (χ1) is 12.7. The van der Waals surface area contributed by atoms with Crippen molar-refractivity contribution in [3.8, 4) is 0 Å². The molecule has 2 fully saturated rings. The van der Waals surface area contributed by atoms with Crippen molar-refractivity contribution < 1.29 is 14.4 Å². The Labute approximate surface area is 160 Å². The molecule has 1 aliphatic heterocycles. The highest BCUT2D eigenvalue weighted by atomic mass is 16.2. The molecule has 2 aliphatic rings. The van der Waals surface area contributed by atoms with Gasteiger partial charge in [0.05, 0.1) is 6.04 Å². The lowest BCUT2D eigenvalue weighted by molar-refractivity contribution is -0.135. The molecule has 6 heteroatoms. The topological polar surface area (TPSA) is 78.5 Å². The molecule has 6 nitrogen and oxygen atoms in total. The Morgan fingerprint density at radius 3 is 2.41 bits per heavy atom. The second kappa shape index (κ2) is 7.33. The van der Waals surface area contributed by atoms with Gasteiger partial charge >= 0.3 is 6.03 Å². The second-order valence-electron chi connectivity index (χ2n) is 8.43. The summed E-state index contributed by atoms with van der Waals surface area (Å²) in [5.41, 5.74) is 1.41. The number of rotatable bonds is 7. The van der Waals surface area contributed by atoms with Crippen LogP contribution in [-0.4, -0.2) is 34.8 Å². The zero-order chi connectivity index (χ0) is 19.8. The molecule has 2 atom stereocenters. The summed E-state index contributed by atoms with van der Waals surface area (Å²) < 4.78 is 0. The Hall–Kier alpha value is -2.37. The summed E-state index contributed by atoms with van der Waals surface area (Å²) in [5, 5.41) is 5.65. The van der Waals surface area contributed by atoms with Gasteiger partial charge < -0.3 is 10.6 Å². The Balaban J connectivity index is 1.57. The summed E-state index contributed by atoms with van der Waals surface area (Å²) in [6, 6.07) is 7.52. The van der Waals surface area contributed by atoms with Crippen molar-refractivity contribution in [1.29, 1.82) is 0 Å². The van der Waals surface area contributed by atoms with Crippen molar-refractivity contribution in [2.75, 3.05) is 6.54 Å². The van der Waals surface area contributed by atoms with Crippen LogP contribution in [0.4, 0.5) is 4.79 Å². The SMILES string of the molecule is CC(C)Cc1ccc(C(C)NC(=O)CN2C(=O)NC(C)(C3CC3)C2=O)cc1. The second-order valence-corrected chi connectivity index (χ2v) is 8.43. The molecule has 1 saturated carbocycles. The Morgan fingerprint density at radius 2 is 1.85 bits per heavy atom. The lowest BCUT2D eigenvalue weighted by Crippen LogP contribution is -2.47. The Morgan fingerprint density at radius 1 is 1.22 bits per heavy atom. The normalized spacial score (nSPS) is 23.5. The van der Waals surface area contributed by atoms with Gasteiger partial charge in [0.25, 0.3) is 5.91 Å². The van der Waals surface area contributed by atoms with Gasteiger partial charge in [0.2, 0.25) is 5.91 Å². The van der Waals surface area contributed by atoms with E-state index in [4.69, 9.17) is 0 Å². The Bertz CT molecular complexity index is 740. The summed E-state index contributed by atoms with van der Waals surface area (Å²) in [6.45, 7) is 7.77. The maximum absolute atomic E-state index is 12.6. The van der Waals surface area contributed by atoms with Crippen LogP contribution in [0.25, 0.3) is 0 Å². The van der Waals surface area contributed by atoms with Crippen LogP contribution in [0.5, 0.6) is 0 Å². The zero-order valence-corrected chi connectivity index (χ0v) is 16.5. The lowest BCUT2D eigenvalue weighted by atomic mass is 9.96. The molecule has 1 aromatic rings. The largest absolute Gasteiger partial charge is 0.348 e. The van der Waals surface area contributed by atoms with E-state index in [2.05, 4.69) is 36.6 Å². The molecule has 0 radical (unpaired) electrons. The van der Waals surface area contributed by atoms with Gasteiger partial charge in [0.15, 0.2) is 0 Å². The molecule has 146 valence electrons. The van der Waals surface area contributed by atoms with E-state index in [1.165, 1.54) is 5.56 Å². The number of hydrogen-bond acceptors (Lipinski definition) is 3. The molecule has 0 spiro atoms. The van der Waals surface area contributed by atoms with Crippen LogP contribution < -0.4 is 10.6 Å². The summed E-state index contributed by atoms with van der Waals surface area (Å²) in [5.74, 6) is 0.150. The molecule has 2 N–H and O–H groups in total. The fraction of sp³-hybridized carbons (Fsp3) is 0.571. The standard InChI is InChI=1S/C21H29N3O3/c1-13(2)11-15-5-7-16(8-6-15)14(3)22-18(25)12-24-19(26)21(4,17-9-10-17)23-20(24)27/h5-8,13-14,17H,9-12H2,1-4H3,(H,22,25)(H,23,27). The number of benzene rings is 1. The molecule has 4 amide bonds. The zero-order valence-electron chi connectivity index (χ0n) is 16.5. The molecular formula is C21H29N3O3. The van der Waals surface area contributed by atoms with Crippen LogP contribution in [0.2, 0.25) is 0 Å². The minimum atomic E-state index is -0.852. The minimum absolute atomic E-state index is 0.185. The highest BCUT2D eigenvalue weighted by molar-refractivity contribution is 6.09. The van der Waals surface area contributed by atoms with Gasteiger partial charge in [-0.1, -0.05) is 38.1 Å².